The van der Waals surface area contributed by atoms with Gasteiger partial charge < -0.3 is 10.5 Å². The van der Waals surface area contributed by atoms with Crippen molar-refractivity contribution in [1.82, 2.24) is 4.72 Å². The molecule has 0 saturated carbocycles. The van der Waals surface area contributed by atoms with Crippen LogP contribution < -0.4 is 15.2 Å². The summed E-state index contributed by atoms with van der Waals surface area (Å²) in [7, 11) is -2.14. The predicted octanol–water partition coefficient (Wildman–Crippen LogP) is 1.62. The van der Waals surface area contributed by atoms with Crippen LogP contribution in [-0.4, -0.2) is 34.1 Å². The van der Waals surface area contributed by atoms with Crippen LogP contribution in [0.5, 0.6) is 5.75 Å². The standard InChI is InChI=1S/C12H20N2O3S2/c1-9-7-11(17-2)12(8-10(9)13)19(15,16)14-5-4-6-18-3/h7-8,14H,4-6,13H2,1-3H3. The van der Waals surface area contributed by atoms with Crippen molar-refractivity contribution in [3.63, 3.8) is 0 Å². The second-order valence-electron chi connectivity index (χ2n) is 4.10. The van der Waals surface area contributed by atoms with Crippen molar-refractivity contribution < 1.29 is 13.2 Å². The van der Waals surface area contributed by atoms with Crippen molar-refractivity contribution in [3.05, 3.63) is 17.7 Å². The molecule has 0 heterocycles. The number of hydrogen-bond acceptors (Lipinski definition) is 5. The number of rotatable bonds is 7. The van der Waals surface area contributed by atoms with Crippen LogP contribution in [0.25, 0.3) is 0 Å². The van der Waals surface area contributed by atoms with E-state index in [0.717, 1.165) is 17.7 Å². The van der Waals surface area contributed by atoms with Crippen LogP contribution in [0.15, 0.2) is 17.0 Å². The summed E-state index contributed by atoms with van der Waals surface area (Å²) < 4.78 is 32.0. The Morgan fingerprint density at radius 2 is 2.11 bits per heavy atom. The summed E-state index contributed by atoms with van der Waals surface area (Å²) in [6, 6.07) is 3.07. The molecular formula is C12H20N2O3S2. The van der Waals surface area contributed by atoms with E-state index in [4.69, 9.17) is 10.5 Å². The second kappa shape index (κ2) is 7.02. The number of nitrogens with two attached hydrogens (primary N) is 1. The minimum Gasteiger partial charge on any atom is -0.495 e. The molecule has 0 aliphatic carbocycles. The molecule has 3 N–H and O–H groups in total. The van der Waals surface area contributed by atoms with E-state index in [1.807, 2.05) is 6.26 Å². The maximum atomic E-state index is 12.2. The van der Waals surface area contributed by atoms with Crippen molar-refractivity contribution in [2.75, 3.05) is 31.4 Å². The Labute approximate surface area is 119 Å². The molecule has 1 rings (SSSR count). The lowest BCUT2D eigenvalue weighted by Gasteiger charge is -2.12. The van der Waals surface area contributed by atoms with Crippen LogP contribution in [0, 0.1) is 6.92 Å². The van der Waals surface area contributed by atoms with Gasteiger partial charge in [0.1, 0.15) is 10.6 Å². The fourth-order valence-corrected chi connectivity index (χ4v) is 3.24. The molecule has 0 bridgehead atoms. The molecule has 0 saturated heterocycles. The van der Waals surface area contributed by atoms with Crippen molar-refractivity contribution in [2.24, 2.45) is 0 Å². The number of thioether (sulfide) groups is 1. The van der Waals surface area contributed by atoms with Gasteiger partial charge in [0.25, 0.3) is 0 Å². The van der Waals surface area contributed by atoms with Crippen LogP contribution in [0.1, 0.15) is 12.0 Å². The van der Waals surface area contributed by atoms with Gasteiger partial charge in [-0.2, -0.15) is 11.8 Å². The Morgan fingerprint density at radius 3 is 2.68 bits per heavy atom. The predicted molar refractivity (Wildman–Crippen MR) is 80.3 cm³/mol. The monoisotopic (exact) mass is 304 g/mol. The fourth-order valence-electron chi connectivity index (χ4n) is 1.55. The normalized spacial score (nSPS) is 11.5. The molecule has 0 radical (unpaired) electrons. The summed E-state index contributed by atoms with van der Waals surface area (Å²) in [6.45, 7) is 2.21. The molecule has 1 aromatic carbocycles. The van der Waals surface area contributed by atoms with Crippen LogP contribution in [0.2, 0.25) is 0 Å². The third kappa shape index (κ3) is 4.29. The highest BCUT2D eigenvalue weighted by atomic mass is 32.2. The van der Waals surface area contributed by atoms with Gasteiger partial charge in [0.15, 0.2) is 0 Å². The molecule has 7 heteroatoms. The van der Waals surface area contributed by atoms with E-state index in [1.165, 1.54) is 13.2 Å². The average molecular weight is 304 g/mol. The van der Waals surface area contributed by atoms with E-state index in [-0.39, 0.29) is 4.90 Å². The highest BCUT2D eigenvalue weighted by molar-refractivity contribution is 7.98. The molecule has 0 fully saturated rings. The maximum Gasteiger partial charge on any atom is 0.244 e. The van der Waals surface area contributed by atoms with E-state index in [1.54, 1.807) is 24.8 Å². The van der Waals surface area contributed by atoms with E-state index in [9.17, 15) is 8.42 Å². The summed E-state index contributed by atoms with van der Waals surface area (Å²) >= 11 is 1.68. The highest BCUT2D eigenvalue weighted by Gasteiger charge is 2.20. The zero-order valence-corrected chi connectivity index (χ0v) is 13.0. The molecule has 1 aromatic rings. The molecule has 0 spiro atoms. The average Bonchev–Trinajstić information content (AvgIpc) is 2.37. The van der Waals surface area contributed by atoms with Gasteiger partial charge in [0.05, 0.1) is 7.11 Å². The number of anilines is 1. The number of ether oxygens (including phenoxy) is 1. The molecule has 108 valence electrons. The molecule has 0 amide bonds. The first-order chi connectivity index (χ1) is 8.92. The molecule has 0 unspecified atom stereocenters. The Bertz CT molecular complexity index is 530. The van der Waals surface area contributed by atoms with E-state index in [2.05, 4.69) is 4.72 Å². The number of nitrogens with one attached hydrogen (secondary N) is 1. The van der Waals surface area contributed by atoms with E-state index >= 15 is 0 Å². The van der Waals surface area contributed by atoms with Gasteiger partial charge in [-0.25, -0.2) is 13.1 Å². The Hall–Kier alpha value is -0.920. The molecule has 0 aliphatic rings. The Balaban J connectivity index is 2.97. The third-order valence-corrected chi connectivity index (χ3v) is 4.84. The first kappa shape index (κ1) is 16.1. The lowest BCUT2D eigenvalue weighted by Crippen LogP contribution is -2.25. The summed E-state index contributed by atoms with van der Waals surface area (Å²) in [6.07, 6.45) is 2.77. The van der Waals surface area contributed by atoms with Gasteiger partial charge in [-0.05, 0) is 43.0 Å². The first-order valence-electron chi connectivity index (χ1n) is 5.85. The fraction of sp³-hybridized carbons (Fsp3) is 0.500. The van der Waals surface area contributed by atoms with Crippen LogP contribution in [-0.2, 0) is 10.0 Å². The van der Waals surface area contributed by atoms with Crippen LogP contribution in [0.4, 0.5) is 5.69 Å². The largest absolute Gasteiger partial charge is 0.495 e. The number of methoxy groups -OCH3 is 1. The minimum absolute atomic E-state index is 0.0854. The Morgan fingerprint density at radius 1 is 1.42 bits per heavy atom. The molecule has 0 aliphatic heterocycles. The quantitative estimate of drug-likeness (QED) is 0.591. The topological polar surface area (TPSA) is 81.4 Å². The molecule has 5 nitrogen and oxygen atoms in total. The van der Waals surface area contributed by atoms with Gasteiger partial charge >= 0.3 is 0 Å². The summed E-state index contributed by atoms with van der Waals surface area (Å²) in [4.78, 5) is 0.0854. The highest BCUT2D eigenvalue weighted by Crippen LogP contribution is 2.28. The number of benzene rings is 1. The van der Waals surface area contributed by atoms with Crippen molar-refractivity contribution in [2.45, 2.75) is 18.2 Å². The summed E-state index contributed by atoms with van der Waals surface area (Å²) in [5.41, 5.74) is 6.99. The number of nitrogen functional groups attached to an aromatic ring is 1. The SMILES string of the molecule is COc1cc(C)c(N)cc1S(=O)(=O)NCCCSC. The number of sulfonamides is 1. The first-order valence-corrected chi connectivity index (χ1v) is 8.72. The van der Waals surface area contributed by atoms with Crippen molar-refractivity contribution >= 4 is 27.5 Å². The molecular weight excluding hydrogens is 284 g/mol. The van der Waals surface area contributed by atoms with Crippen molar-refractivity contribution in [1.29, 1.82) is 0 Å². The molecule has 19 heavy (non-hydrogen) atoms. The second-order valence-corrected chi connectivity index (χ2v) is 6.82. The number of aryl methyl sites for hydroxylation is 1. The minimum atomic E-state index is -3.59. The van der Waals surface area contributed by atoms with Gasteiger partial charge in [0.2, 0.25) is 10.0 Å². The third-order valence-electron chi connectivity index (χ3n) is 2.66. The molecule has 0 atom stereocenters. The van der Waals surface area contributed by atoms with Crippen LogP contribution >= 0.6 is 11.8 Å². The smallest absolute Gasteiger partial charge is 0.244 e. The zero-order chi connectivity index (χ0) is 14.5. The number of hydrogen-bond donors (Lipinski definition) is 2. The van der Waals surface area contributed by atoms with Gasteiger partial charge in [-0.15, -0.1) is 0 Å². The summed E-state index contributed by atoms with van der Waals surface area (Å²) in [5, 5.41) is 0. The lowest BCUT2D eigenvalue weighted by atomic mass is 10.2. The maximum absolute atomic E-state index is 12.2. The van der Waals surface area contributed by atoms with Crippen LogP contribution in [0.3, 0.4) is 0 Å². The molecule has 0 aromatic heterocycles. The summed E-state index contributed by atoms with van der Waals surface area (Å²) in [5.74, 6) is 1.22. The Kier molecular flexibility index (Phi) is 5.96. The zero-order valence-electron chi connectivity index (χ0n) is 11.4. The van der Waals surface area contributed by atoms with E-state index < -0.39 is 10.0 Å². The van der Waals surface area contributed by atoms with Crippen molar-refractivity contribution in [3.8, 4) is 5.75 Å². The van der Waals surface area contributed by atoms with Gasteiger partial charge in [-0.3, -0.25) is 0 Å². The van der Waals surface area contributed by atoms with Gasteiger partial charge in [0, 0.05) is 12.2 Å². The van der Waals surface area contributed by atoms with E-state index in [0.29, 0.717) is 18.0 Å². The lowest BCUT2D eigenvalue weighted by molar-refractivity contribution is 0.402. The van der Waals surface area contributed by atoms with Gasteiger partial charge in [-0.1, -0.05) is 0 Å².